The molecule has 8 nitrogen and oxygen atoms in total. The molecule has 0 aromatic heterocycles. The number of anilines is 1. The van der Waals surface area contributed by atoms with E-state index in [0.717, 1.165) is 0 Å². The molecule has 8 heteroatoms. The molecule has 3 N–H and O–H groups in total. The molecule has 1 unspecified atom stereocenters. The summed E-state index contributed by atoms with van der Waals surface area (Å²) >= 11 is 0. The van der Waals surface area contributed by atoms with Crippen LogP contribution in [0, 0.1) is 0 Å². The Morgan fingerprint density at radius 2 is 1.85 bits per heavy atom. The van der Waals surface area contributed by atoms with Gasteiger partial charge in [0.25, 0.3) is 0 Å². The maximum Gasteiger partial charge on any atom is 0.319 e. The summed E-state index contributed by atoms with van der Waals surface area (Å²) in [7, 11) is 3.06. The van der Waals surface area contributed by atoms with E-state index in [1.54, 1.807) is 43.3 Å². The van der Waals surface area contributed by atoms with Gasteiger partial charge in [-0.2, -0.15) is 0 Å². The van der Waals surface area contributed by atoms with Crippen LogP contribution in [0.3, 0.4) is 0 Å². The van der Waals surface area contributed by atoms with Crippen LogP contribution in [0.2, 0.25) is 0 Å². The van der Waals surface area contributed by atoms with Gasteiger partial charge in [0.1, 0.15) is 5.60 Å². The van der Waals surface area contributed by atoms with E-state index in [9.17, 15) is 9.90 Å². The first-order chi connectivity index (χ1) is 12.9. The number of hydrogen-bond acceptors (Lipinski definition) is 6. The minimum Gasteiger partial charge on any atom is -0.493 e. The standard InChI is InChI=1S/C19H22N2O6/c1-19(23,12-4-6-15-17(8-12)27-11-26-15)10-20-18(22)21-13-5-7-14(24-2)16(9-13)25-3/h4-9,23H,10-11H2,1-3H3,(H2,20,21,22). The van der Waals surface area contributed by atoms with E-state index in [0.29, 0.717) is 34.2 Å². The van der Waals surface area contributed by atoms with Crippen molar-refractivity contribution in [2.75, 3.05) is 32.9 Å². The van der Waals surface area contributed by atoms with Gasteiger partial charge < -0.3 is 34.7 Å². The minimum absolute atomic E-state index is 0.00572. The first kappa shape index (κ1) is 18.7. The van der Waals surface area contributed by atoms with Crippen LogP contribution < -0.4 is 29.6 Å². The Hall–Kier alpha value is -3.13. The van der Waals surface area contributed by atoms with Crippen LogP contribution in [0.25, 0.3) is 0 Å². The van der Waals surface area contributed by atoms with E-state index in [1.165, 1.54) is 14.2 Å². The van der Waals surface area contributed by atoms with Gasteiger partial charge in [-0.15, -0.1) is 0 Å². The lowest BCUT2D eigenvalue weighted by molar-refractivity contribution is 0.0597. The van der Waals surface area contributed by atoms with Crippen molar-refractivity contribution < 1.29 is 28.8 Å². The number of aliphatic hydroxyl groups is 1. The Balaban J connectivity index is 1.61. The molecule has 0 bridgehead atoms. The van der Waals surface area contributed by atoms with E-state index < -0.39 is 11.6 Å². The molecular formula is C19H22N2O6. The molecule has 2 aromatic rings. The summed E-state index contributed by atoms with van der Waals surface area (Å²) in [6, 6.07) is 9.75. The number of ether oxygens (including phenoxy) is 4. The zero-order chi connectivity index (χ0) is 19.4. The Morgan fingerprint density at radius 1 is 1.11 bits per heavy atom. The molecule has 0 spiro atoms. The average Bonchev–Trinajstić information content (AvgIpc) is 3.14. The SMILES string of the molecule is COc1ccc(NC(=O)NCC(C)(O)c2ccc3c(c2)OCO3)cc1OC. The van der Waals surface area contributed by atoms with Gasteiger partial charge >= 0.3 is 6.03 Å². The summed E-state index contributed by atoms with van der Waals surface area (Å²) < 4.78 is 21.0. The second-order valence-corrected chi connectivity index (χ2v) is 6.22. The Bertz CT molecular complexity index is 837. The molecule has 27 heavy (non-hydrogen) atoms. The van der Waals surface area contributed by atoms with Crippen molar-refractivity contribution >= 4 is 11.7 Å². The third-order valence-corrected chi connectivity index (χ3v) is 4.23. The molecule has 0 saturated carbocycles. The molecule has 0 radical (unpaired) electrons. The third kappa shape index (κ3) is 4.17. The Morgan fingerprint density at radius 3 is 2.59 bits per heavy atom. The lowest BCUT2D eigenvalue weighted by Crippen LogP contribution is -2.40. The molecular weight excluding hydrogens is 352 g/mol. The van der Waals surface area contributed by atoms with Crippen molar-refractivity contribution in [1.82, 2.24) is 5.32 Å². The van der Waals surface area contributed by atoms with Gasteiger partial charge in [-0.05, 0) is 36.8 Å². The second-order valence-electron chi connectivity index (χ2n) is 6.22. The molecule has 2 amide bonds. The number of hydrogen-bond donors (Lipinski definition) is 3. The predicted molar refractivity (Wildman–Crippen MR) is 98.7 cm³/mol. The summed E-state index contributed by atoms with van der Waals surface area (Å²) in [5.41, 5.74) is -0.137. The van der Waals surface area contributed by atoms with Crippen LogP contribution in [-0.2, 0) is 5.60 Å². The summed E-state index contributed by atoms with van der Waals surface area (Å²) in [6.45, 7) is 1.78. The fraction of sp³-hybridized carbons (Fsp3) is 0.316. The van der Waals surface area contributed by atoms with Gasteiger partial charge in [0.15, 0.2) is 23.0 Å². The van der Waals surface area contributed by atoms with Crippen molar-refractivity contribution in [3.8, 4) is 23.0 Å². The highest BCUT2D eigenvalue weighted by molar-refractivity contribution is 5.89. The number of nitrogens with one attached hydrogen (secondary N) is 2. The highest BCUT2D eigenvalue weighted by atomic mass is 16.7. The summed E-state index contributed by atoms with van der Waals surface area (Å²) in [5, 5.41) is 16.1. The summed E-state index contributed by atoms with van der Waals surface area (Å²) in [6.07, 6.45) is 0. The summed E-state index contributed by atoms with van der Waals surface area (Å²) in [5.74, 6) is 2.27. The van der Waals surface area contributed by atoms with Crippen molar-refractivity contribution in [3.63, 3.8) is 0 Å². The molecule has 0 fully saturated rings. The van der Waals surface area contributed by atoms with E-state index in [1.807, 2.05) is 0 Å². The van der Waals surface area contributed by atoms with Crippen molar-refractivity contribution in [3.05, 3.63) is 42.0 Å². The third-order valence-electron chi connectivity index (χ3n) is 4.23. The Labute approximate surface area is 157 Å². The molecule has 3 rings (SSSR count). The fourth-order valence-electron chi connectivity index (χ4n) is 2.68. The monoisotopic (exact) mass is 374 g/mol. The Kier molecular flexibility index (Phi) is 5.27. The number of methoxy groups -OCH3 is 2. The molecule has 1 aliphatic rings. The fourth-order valence-corrected chi connectivity index (χ4v) is 2.68. The smallest absolute Gasteiger partial charge is 0.319 e. The zero-order valence-electron chi connectivity index (χ0n) is 15.4. The van der Waals surface area contributed by atoms with Gasteiger partial charge in [0, 0.05) is 11.8 Å². The molecule has 2 aromatic carbocycles. The highest BCUT2D eigenvalue weighted by Gasteiger charge is 2.26. The van der Waals surface area contributed by atoms with Crippen LogP contribution in [-0.4, -0.2) is 38.7 Å². The van der Waals surface area contributed by atoms with E-state index in [-0.39, 0.29) is 13.3 Å². The maximum absolute atomic E-state index is 12.2. The molecule has 1 aliphatic heterocycles. The first-order valence-corrected chi connectivity index (χ1v) is 8.32. The van der Waals surface area contributed by atoms with Crippen LogP contribution >= 0.6 is 0 Å². The number of rotatable bonds is 6. The predicted octanol–water partition coefficient (Wildman–Crippen LogP) is 2.46. The van der Waals surface area contributed by atoms with Gasteiger partial charge in [0.2, 0.25) is 6.79 Å². The van der Waals surface area contributed by atoms with Crippen LogP contribution in [0.5, 0.6) is 23.0 Å². The van der Waals surface area contributed by atoms with E-state index >= 15 is 0 Å². The molecule has 144 valence electrons. The normalized spacial score (nSPS) is 14.2. The number of urea groups is 1. The van der Waals surface area contributed by atoms with Crippen molar-refractivity contribution in [2.45, 2.75) is 12.5 Å². The van der Waals surface area contributed by atoms with Gasteiger partial charge in [-0.25, -0.2) is 4.79 Å². The number of fused-ring (bicyclic) bond motifs is 1. The lowest BCUT2D eigenvalue weighted by atomic mass is 9.95. The first-order valence-electron chi connectivity index (χ1n) is 8.32. The van der Waals surface area contributed by atoms with Crippen LogP contribution in [0.4, 0.5) is 10.5 Å². The quantitative estimate of drug-likeness (QED) is 0.719. The summed E-state index contributed by atoms with van der Waals surface area (Å²) in [4.78, 5) is 12.2. The molecule has 1 atom stereocenters. The van der Waals surface area contributed by atoms with Crippen molar-refractivity contribution in [2.24, 2.45) is 0 Å². The zero-order valence-corrected chi connectivity index (χ0v) is 15.4. The molecule has 0 aliphatic carbocycles. The van der Waals surface area contributed by atoms with E-state index in [4.69, 9.17) is 18.9 Å². The van der Waals surface area contributed by atoms with Crippen LogP contribution in [0.1, 0.15) is 12.5 Å². The maximum atomic E-state index is 12.2. The highest BCUT2D eigenvalue weighted by Crippen LogP contribution is 2.35. The number of amides is 2. The van der Waals surface area contributed by atoms with E-state index in [2.05, 4.69) is 10.6 Å². The lowest BCUT2D eigenvalue weighted by Gasteiger charge is -2.24. The minimum atomic E-state index is -1.28. The largest absolute Gasteiger partial charge is 0.493 e. The van der Waals surface area contributed by atoms with Crippen LogP contribution in [0.15, 0.2) is 36.4 Å². The van der Waals surface area contributed by atoms with Gasteiger partial charge in [-0.1, -0.05) is 6.07 Å². The number of carbonyl (C=O) groups is 1. The number of benzene rings is 2. The second kappa shape index (κ2) is 7.63. The molecule has 0 saturated heterocycles. The average molecular weight is 374 g/mol. The van der Waals surface area contributed by atoms with Crippen molar-refractivity contribution in [1.29, 1.82) is 0 Å². The molecule has 1 heterocycles. The van der Waals surface area contributed by atoms with Gasteiger partial charge in [-0.3, -0.25) is 0 Å². The number of carbonyl (C=O) groups excluding carboxylic acids is 1. The van der Waals surface area contributed by atoms with Gasteiger partial charge in [0.05, 0.1) is 20.8 Å². The topological polar surface area (TPSA) is 98.3 Å².